The lowest BCUT2D eigenvalue weighted by atomic mass is 10.0. The van der Waals surface area contributed by atoms with Crippen LogP contribution in [-0.2, 0) is 4.74 Å². The van der Waals surface area contributed by atoms with Gasteiger partial charge in [-0.3, -0.25) is 0 Å². The van der Waals surface area contributed by atoms with Gasteiger partial charge in [0.05, 0.1) is 11.7 Å². The van der Waals surface area contributed by atoms with Crippen LogP contribution < -0.4 is 4.74 Å². The number of benzene rings is 2. The minimum Gasteiger partial charge on any atom is -0.487 e. The summed E-state index contributed by atoms with van der Waals surface area (Å²) in [6.07, 6.45) is 10.3. The van der Waals surface area contributed by atoms with E-state index in [1.165, 1.54) is 25.7 Å². The normalized spacial score (nSPS) is 13.0. The van der Waals surface area contributed by atoms with Crippen LogP contribution in [0.3, 0.4) is 0 Å². The molecule has 2 rings (SSSR count). The van der Waals surface area contributed by atoms with Crippen molar-refractivity contribution < 1.29 is 19.4 Å². The van der Waals surface area contributed by atoms with Crippen LogP contribution in [0.25, 0.3) is 11.1 Å². The zero-order valence-electron chi connectivity index (χ0n) is 20.0. The molecule has 2 unspecified atom stereocenters. The molecule has 0 bridgehead atoms. The second-order valence-corrected chi connectivity index (χ2v) is 8.41. The molecule has 1 N–H and O–H groups in total. The van der Waals surface area contributed by atoms with Gasteiger partial charge in [-0.1, -0.05) is 83.2 Å². The van der Waals surface area contributed by atoms with E-state index < -0.39 is 5.97 Å². The zero-order chi connectivity index (χ0) is 23.2. The van der Waals surface area contributed by atoms with Crippen LogP contribution in [0.15, 0.2) is 48.5 Å². The first kappa shape index (κ1) is 25.9. The molecule has 0 aliphatic carbocycles. The molecule has 0 aromatic heterocycles. The third-order valence-electron chi connectivity index (χ3n) is 5.85. The van der Waals surface area contributed by atoms with E-state index in [-0.39, 0.29) is 17.8 Å². The van der Waals surface area contributed by atoms with E-state index in [0.717, 1.165) is 55.6 Å². The summed E-state index contributed by atoms with van der Waals surface area (Å²) in [5, 5.41) is 9.19. The molecule has 0 heterocycles. The van der Waals surface area contributed by atoms with Gasteiger partial charge in [0, 0.05) is 12.2 Å². The van der Waals surface area contributed by atoms with Crippen molar-refractivity contribution in [3.63, 3.8) is 0 Å². The number of unbranched alkanes of at least 4 members (excludes halogenated alkanes) is 5. The van der Waals surface area contributed by atoms with Crippen LogP contribution >= 0.6 is 0 Å². The number of ether oxygens (including phenoxy) is 2. The molecule has 0 aliphatic rings. The van der Waals surface area contributed by atoms with Gasteiger partial charge in [-0.15, -0.1) is 0 Å². The summed E-state index contributed by atoms with van der Waals surface area (Å²) in [5.74, 6) is -0.0917. The summed E-state index contributed by atoms with van der Waals surface area (Å²) >= 11 is 0. The van der Waals surface area contributed by atoms with Gasteiger partial charge in [0.15, 0.2) is 0 Å². The van der Waals surface area contributed by atoms with Crippen molar-refractivity contribution in [3.8, 4) is 16.9 Å². The zero-order valence-corrected chi connectivity index (χ0v) is 20.0. The summed E-state index contributed by atoms with van der Waals surface area (Å²) < 4.78 is 12.9. The summed E-state index contributed by atoms with van der Waals surface area (Å²) in [6.45, 7) is 7.35. The third-order valence-corrected chi connectivity index (χ3v) is 5.85. The number of aromatic carboxylic acids is 1. The van der Waals surface area contributed by atoms with E-state index in [4.69, 9.17) is 9.47 Å². The van der Waals surface area contributed by atoms with Crippen LogP contribution in [0.5, 0.6) is 5.75 Å². The van der Waals surface area contributed by atoms with Gasteiger partial charge in [0.2, 0.25) is 0 Å². The number of rotatable bonds is 16. The fourth-order valence-electron chi connectivity index (χ4n) is 3.90. The Kier molecular flexibility index (Phi) is 11.9. The third kappa shape index (κ3) is 8.31. The average Bonchev–Trinajstić information content (AvgIpc) is 2.81. The van der Waals surface area contributed by atoms with Crippen molar-refractivity contribution in [1.82, 2.24) is 0 Å². The van der Waals surface area contributed by atoms with Gasteiger partial charge in [-0.25, -0.2) is 4.79 Å². The van der Waals surface area contributed by atoms with E-state index in [1.807, 2.05) is 36.4 Å². The lowest BCUT2D eigenvalue weighted by Crippen LogP contribution is -2.34. The molecule has 4 heteroatoms. The first-order valence-corrected chi connectivity index (χ1v) is 12.3. The molecular formula is C28H40O4. The van der Waals surface area contributed by atoms with Crippen molar-refractivity contribution in [2.75, 3.05) is 6.61 Å². The predicted octanol–water partition coefficient (Wildman–Crippen LogP) is 7.76. The van der Waals surface area contributed by atoms with Crippen molar-refractivity contribution in [1.29, 1.82) is 0 Å². The highest BCUT2D eigenvalue weighted by atomic mass is 16.5. The lowest BCUT2D eigenvalue weighted by molar-refractivity contribution is -0.0321. The highest BCUT2D eigenvalue weighted by molar-refractivity contribution is 5.88. The molecule has 0 amide bonds. The Labute approximate surface area is 194 Å². The van der Waals surface area contributed by atoms with Crippen molar-refractivity contribution in [2.45, 2.75) is 90.8 Å². The van der Waals surface area contributed by atoms with Crippen LogP contribution in [0.1, 0.15) is 88.9 Å². The fraction of sp³-hybridized carbons (Fsp3) is 0.536. The molecule has 0 saturated heterocycles. The SMILES string of the molecule is CCCCCCCC(Oc1ccccc1-c1ccc(C(=O)O)cc1)C(CC)OCCCC. The van der Waals surface area contributed by atoms with E-state index in [0.29, 0.717) is 0 Å². The standard InChI is InChI=1S/C28H40O4/c1-4-7-9-10-11-16-27(25(6-3)31-21-8-5-2)32-26-15-13-12-14-24(26)22-17-19-23(20-18-22)28(29)30/h12-15,17-20,25,27H,4-11,16,21H2,1-3H3,(H,29,30). The largest absolute Gasteiger partial charge is 0.487 e. The number of carbonyl (C=O) groups is 1. The molecule has 0 fully saturated rings. The molecule has 176 valence electrons. The van der Waals surface area contributed by atoms with Gasteiger partial charge in [-0.05, 0) is 49.4 Å². The average molecular weight is 441 g/mol. The lowest BCUT2D eigenvalue weighted by Gasteiger charge is -2.28. The van der Waals surface area contributed by atoms with Gasteiger partial charge >= 0.3 is 5.97 Å². The van der Waals surface area contributed by atoms with Gasteiger partial charge in [-0.2, -0.15) is 0 Å². The maximum absolute atomic E-state index is 11.2. The highest BCUT2D eigenvalue weighted by Crippen LogP contribution is 2.32. The predicted molar refractivity (Wildman–Crippen MR) is 132 cm³/mol. The fourth-order valence-corrected chi connectivity index (χ4v) is 3.90. The topological polar surface area (TPSA) is 55.8 Å². The molecule has 2 aromatic rings. The van der Waals surface area contributed by atoms with Crippen molar-refractivity contribution in [2.24, 2.45) is 0 Å². The quantitative estimate of drug-likeness (QED) is 0.271. The molecule has 0 saturated carbocycles. The minimum atomic E-state index is -0.917. The van der Waals surface area contributed by atoms with Crippen LogP contribution in [0.2, 0.25) is 0 Å². The summed E-state index contributed by atoms with van der Waals surface area (Å²) in [5.41, 5.74) is 2.21. The Morgan fingerprint density at radius 2 is 1.53 bits per heavy atom. The summed E-state index contributed by atoms with van der Waals surface area (Å²) in [7, 11) is 0. The molecule has 32 heavy (non-hydrogen) atoms. The number of hydrogen-bond acceptors (Lipinski definition) is 3. The Hall–Kier alpha value is -2.33. The van der Waals surface area contributed by atoms with Gasteiger partial charge in [0.25, 0.3) is 0 Å². The number of para-hydroxylation sites is 1. The monoisotopic (exact) mass is 440 g/mol. The Morgan fingerprint density at radius 3 is 2.19 bits per heavy atom. The van der Waals surface area contributed by atoms with Crippen LogP contribution in [0.4, 0.5) is 0 Å². The van der Waals surface area contributed by atoms with E-state index >= 15 is 0 Å². The maximum atomic E-state index is 11.2. The first-order valence-electron chi connectivity index (χ1n) is 12.3. The number of hydrogen-bond donors (Lipinski definition) is 1. The molecular weight excluding hydrogens is 400 g/mol. The minimum absolute atomic E-state index is 0.00192. The smallest absolute Gasteiger partial charge is 0.335 e. The molecule has 4 nitrogen and oxygen atoms in total. The van der Waals surface area contributed by atoms with Gasteiger partial charge < -0.3 is 14.6 Å². The Morgan fingerprint density at radius 1 is 0.844 bits per heavy atom. The molecule has 0 radical (unpaired) electrons. The molecule has 0 aliphatic heterocycles. The number of carboxylic acid groups (broad SMARTS) is 1. The second kappa shape index (κ2) is 14.7. The second-order valence-electron chi connectivity index (χ2n) is 8.41. The molecule has 0 spiro atoms. The van der Waals surface area contributed by atoms with E-state index in [9.17, 15) is 9.90 Å². The van der Waals surface area contributed by atoms with Crippen LogP contribution in [-0.4, -0.2) is 29.9 Å². The Balaban J connectivity index is 2.20. The summed E-state index contributed by atoms with van der Waals surface area (Å²) in [4.78, 5) is 11.2. The van der Waals surface area contributed by atoms with Crippen molar-refractivity contribution >= 4 is 5.97 Å². The van der Waals surface area contributed by atoms with E-state index in [2.05, 4.69) is 20.8 Å². The molecule has 2 atom stereocenters. The first-order chi connectivity index (χ1) is 15.6. The summed E-state index contributed by atoms with van der Waals surface area (Å²) in [6, 6.07) is 15.0. The number of carboxylic acids is 1. The molecule has 2 aromatic carbocycles. The van der Waals surface area contributed by atoms with Crippen molar-refractivity contribution in [3.05, 3.63) is 54.1 Å². The van der Waals surface area contributed by atoms with E-state index in [1.54, 1.807) is 12.1 Å². The van der Waals surface area contributed by atoms with Crippen LogP contribution in [0, 0.1) is 0 Å². The Bertz CT molecular complexity index is 784. The maximum Gasteiger partial charge on any atom is 0.335 e. The van der Waals surface area contributed by atoms with Gasteiger partial charge in [0.1, 0.15) is 11.9 Å². The highest BCUT2D eigenvalue weighted by Gasteiger charge is 2.23.